The van der Waals surface area contributed by atoms with Gasteiger partial charge in [-0.25, -0.2) is 0 Å². The fourth-order valence-corrected chi connectivity index (χ4v) is 7.88. The molecule has 0 heterocycles. The highest BCUT2D eigenvalue weighted by molar-refractivity contribution is 7.45. The van der Waals surface area contributed by atoms with Crippen LogP contribution < -0.4 is 10.2 Å². The minimum absolute atomic E-state index is 0.0130. The van der Waals surface area contributed by atoms with Crippen molar-refractivity contribution in [3.63, 3.8) is 0 Å². The molecule has 0 aromatic heterocycles. The summed E-state index contributed by atoms with van der Waals surface area (Å²) in [6.45, 7) is 4.47. The predicted octanol–water partition coefficient (Wildman–Crippen LogP) is 16.7. The third kappa shape index (κ3) is 54.2. The van der Waals surface area contributed by atoms with E-state index in [9.17, 15) is 19.4 Å². The Balaban J connectivity index is 4.17. The van der Waals surface area contributed by atoms with Crippen molar-refractivity contribution in [3.8, 4) is 0 Å². The van der Waals surface area contributed by atoms with E-state index in [2.05, 4.69) is 153 Å². The summed E-state index contributed by atoms with van der Waals surface area (Å²) in [6, 6.07) is -0.906. The number of hydrogen-bond donors (Lipinski definition) is 2. The molecule has 72 heavy (non-hydrogen) atoms. The third-order valence-electron chi connectivity index (χ3n) is 11.6. The van der Waals surface area contributed by atoms with Crippen LogP contribution in [0.4, 0.5) is 0 Å². The summed E-state index contributed by atoms with van der Waals surface area (Å²) in [6.07, 6.45) is 80.7. The molecule has 1 amide bonds. The SMILES string of the molecule is CC/C=C\C/C=C\C/C=C\C/C=C\C/C=C\C/C=C\C/C=C\C/C=C\C/C=C\C/C=C\C/C=C\CCCCCCCC(=O)NC(COP(=O)([O-])OCC[N+](C)(C)C)C(O)/C=C/CCCCCCCCCCC. The van der Waals surface area contributed by atoms with Gasteiger partial charge in [0.2, 0.25) is 5.91 Å². The summed E-state index contributed by atoms with van der Waals surface area (Å²) in [5.41, 5.74) is 0. The van der Waals surface area contributed by atoms with Gasteiger partial charge in [0.05, 0.1) is 39.9 Å². The number of likely N-dealkylation sites (N-methyl/N-ethyl adjacent to an activating group) is 1. The number of carbonyl (C=O) groups is 1. The van der Waals surface area contributed by atoms with E-state index in [1.54, 1.807) is 6.08 Å². The summed E-state index contributed by atoms with van der Waals surface area (Å²) in [4.78, 5) is 25.4. The Morgan fingerprint density at radius 2 is 0.847 bits per heavy atom. The number of carbonyl (C=O) groups excluding carboxylic acids is 1. The molecule has 2 N–H and O–H groups in total. The van der Waals surface area contributed by atoms with Crippen molar-refractivity contribution in [1.82, 2.24) is 5.32 Å². The van der Waals surface area contributed by atoms with Crippen LogP contribution in [0, 0.1) is 0 Å². The zero-order valence-electron chi connectivity index (χ0n) is 46.3. The van der Waals surface area contributed by atoms with Crippen molar-refractivity contribution in [3.05, 3.63) is 146 Å². The molecule has 0 spiro atoms. The van der Waals surface area contributed by atoms with Crippen LogP contribution >= 0.6 is 7.82 Å². The number of unbranched alkanes of at least 4 members (excludes halogenated alkanes) is 14. The van der Waals surface area contributed by atoms with E-state index in [1.165, 1.54) is 44.9 Å². The Morgan fingerprint density at radius 3 is 1.24 bits per heavy atom. The molecule has 0 aromatic carbocycles. The van der Waals surface area contributed by atoms with E-state index in [1.807, 2.05) is 27.2 Å². The van der Waals surface area contributed by atoms with Crippen molar-refractivity contribution in [2.75, 3.05) is 40.9 Å². The first-order valence-corrected chi connectivity index (χ1v) is 29.7. The molecule has 0 aliphatic rings. The van der Waals surface area contributed by atoms with Crippen LogP contribution in [-0.4, -0.2) is 68.5 Å². The Kier molecular flexibility index (Phi) is 49.6. The van der Waals surface area contributed by atoms with Gasteiger partial charge in [0.15, 0.2) is 0 Å². The number of allylic oxidation sites excluding steroid dienone is 23. The first-order valence-electron chi connectivity index (χ1n) is 28.2. The van der Waals surface area contributed by atoms with E-state index in [-0.39, 0.29) is 12.5 Å². The first-order chi connectivity index (χ1) is 35.0. The van der Waals surface area contributed by atoms with Crippen LogP contribution in [0.1, 0.15) is 194 Å². The molecule has 0 aromatic rings. The van der Waals surface area contributed by atoms with E-state index in [0.717, 1.165) is 128 Å². The average Bonchev–Trinajstić information content (AvgIpc) is 3.34. The number of aliphatic hydroxyl groups is 1. The van der Waals surface area contributed by atoms with Crippen LogP contribution in [0.3, 0.4) is 0 Å². The zero-order valence-corrected chi connectivity index (χ0v) is 47.2. The number of hydrogen-bond acceptors (Lipinski definition) is 6. The van der Waals surface area contributed by atoms with Gasteiger partial charge in [-0.15, -0.1) is 0 Å². The molecule has 0 bridgehead atoms. The molecule has 8 nitrogen and oxygen atoms in total. The van der Waals surface area contributed by atoms with E-state index < -0.39 is 26.6 Å². The number of aliphatic hydroxyl groups excluding tert-OH is 1. The molecular weight excluding hydrogens is 912 g/mol. The topological polar surface area (TPSA) is 108 Å². The maximum Gasteiger partial charge on any atom is 0.268 e. The Hall–Kier alpha value is -3.62. The second-order valence-corrected chi connectivity index (χ2v) is 21.0. The van der Waals surface area contributed by atoms with Gasteiger partial charge in [0.1, 0.15) is 13.2 Å². The fraction of sp³-hybridized carbons (Fsp3) is 0.603. The lowest BCUT2D eigenvalue weighted by Gasteiger charge is -2.29. The van der Waals surface area contributed by atoms with E-state index in [0.29, 0.717) is 17.4 Å². The lowest BCUT2D eigenvalue weighted by atomic mass is 10.1. The number of nitrogens with one attached hydrogen (secondary N) is 1. The smallest absolute Gasteiger partial charge is 0.268 e. The van der Waals surface area contributed by atoms with Gasteiger partial charge in [-0.05, 0) is 103 Å². The highest BCUT2D eigenvalue weighted by Crippen LogP contribution is 2.38. The lowest BCUT2D eigenvalue weighted by Crippen LogP contribution is -2.45. The highest BCUT2D eigenvalue weighted by atomic mass is 31.2. The summed E-state index contributed by atoms with van der Waals surface area (Å²) in [5, 5.41) is 13.8. The van der Waals surface area contributed by atoms with Crippen LogP contribution in [0.25, 0.3) is 0 Å². The lowest BCUT2D eigenvalue weighted by molar-refractivity contribution is -0.870. The molecule has 0 fully saturated rings. The standard InChI is InChI=1S/C63H105N2O6P/c1-6-8-10-12-14-16-18-19-20-21-22-23-24-25-26-27-28-29-30-31-32-33-34-35-36-37-38-39-40-41-42-43-44-45-47-49-51-53-55-57-63(67)64-61(60-71-72(68,69)70-59-58-65(3,4)5)62(66)56-54-52-50-48-46-17-15-13-11-9-7-2/h8,10,14,16,19-20,22-23,25-26,28-29,31-32,34-35,37-38,40-41,43-44,54,56,61-62,66H,6-7,9,11-13,15,17-18,21,24,27,30,33,36,39,42,45-53,55,57-60H2,1-5H3,(H-,64,67,68,69)/b10-8-,16-14-,20-19-,23-22-,26-25-,29-28-,32-31-,35-34-,38-37-,41-40-,44-43-,56-54+. The van der Waals surface area contributed by atoms with Crippen molar-refractivity contribution < 1.29 is 32.9 Å². The zero-order chi connectivity index (χ0) is 52.7. The molecule has 0 saturated carbocycles. The fourth-order valence-electron chi connectivity index (χ4n) is 7.16. The molecular formula is C63H105N2O6P. The number of nitrogens with zero attached hydrogens (tertiary/aromatic N) is 1. The summed E-state index contributed by atoms with van der Waals surface area (Å²) in [7, 11) is 1.22. The third-order valence-corrected chi connectivity index (χ3v) is 12.5. The number of quaternary nitrogens is 1. The maximum absolute atomic E-state index is 12.9. The van der Waals surface area contributed by atoms with Crippen molar-refractivity contribution in [2.24, 2.45) is 0 Å². The average molecular weight is 1020 g/mol. The van der Waals surface area contributed by atoms with Crippen LogP contribution in [0.15, 0.2) is 146 Å². The van der Waals surface area contributed by atoms with Crippen molar-refractivity contribution >= 4 is 13.7 Å². The summed E-state index contributed by atoms with van der Waals surface area (Å²) < 4.78 is 23.2. The van der Waals surface area contributed by atoms with Crippen molar-refractivity contribution in [1.29, 1.82) is 0 Å². The number of rotatable bonds is 49. The highest BCUT2D eigenvalue weighted by Gasteiger charge is 2.23. The molecule has 3 atom stereocenters. The number of phosphoric ester groups is 1. The maximum atomic E-state index is 12.9. The number of amides is 1. The molecule has 408 valence electrons. The molecule has 0 aliphatic carbocycles. The molecule has 9 heteroatoms. The molecule has 3 unspecified atom stereocenters. The Bertz CT molecular complexity index is 1670. The molecule has 0 aliphatic heterocycles. The van der Waals surface area contributed by atoms with Crippen molar-refractivity contribution in [2.45, 2.75) is 206 Å². The van der Waals surface area contributed by atoms with Crippen LogP contribution in [0.2, 0.25) is 0 Å². The van der Waals surface area contributed by atoms with Gasteiger partial charge < -0.3 is 28.8 Å². The Morgan fingerprint density at radius 1 is 0.500 bits per heavy atom. The molecule has 0 rings (SSSR count). The summed E-state index contributed by atoms with van der Waals surface area (Å²) >= 11 is 0. The molecule has 0 radical (unpaired) electrons. The van der Waals surface area contributed by atoms with Gasteiger partial charge >= 0.3 is 0 Å². The van der Waals surface area contributed by atoms with Gasteiger partial charge in [0, 0.05) is 6.42 Å². The first kappa shape index (κ1) is 68.4. The normalized spacial score (nSPS) is 15.0. The van der Waals surface area contributed by atoms with E-state index in [4.69, 9.17) is 9.05 Å². The molecule has 0 saturated heterocycles. The second kappa shape index (κ2) is 52.3. The monoisotopic (exact) mass is 1020 g/mol. The minimum atomic E-state index is -4.61. The van der Waals surface area contributed by atoms with Crippen LogP contribution in [0.5, 0.6) is 0 Å². The number of phosphoric acid groups is 1. The second-order valence-electron chi connectivity index (χ2n) is 19.6. The van der Waals surface area contributed by atoms with Gasteiger partial charge in [-0.3, -0.25) is 9.36 Å². The van der Waals surface area contributed by atoms with Gasteiger partial charge in [0.25, 0.3) is 7.82 Å². The quantitative estimate of drug-likeness (QED) is 0.0272. The summed E-state index contributed by atoms with van der Waals surface area (Å²) in [5.74, 6) is -0.225. The Labute approximate surface area is 442 Å². The predicted molar refractivity (Wildman–Crippen MR) is 311 cm³/mol. The van der Waals surface area contributed by atoms with Gasteiger partial charge in [-0.2, -0.15) is 0 Å². The van der Waals surface area contributed by atoms with E-state index >= 15 is 0 Å². The minimum Gasteiger partial charge on any atom is -0.756 e. The van der Waals surface area contributed by atoms with Crippen LogP contribution in [-0.2, 0) is 18.4 Å². The van der Waals surface area contributed by atoms with Gasteiger partial charge in [-0.1, -0.05) is 230 Å². The largest absolute Gasteiger partial charge is 0.756 e.